The van der Waals surface area contributed by atoms with Crippen molar-refractivity contribution in [3.8, 4) is 11.5 Å². The van der Waals surface area contributed by atoms with Crippen molar-refractivity contribution in [1.82, 2.24) is 10.2 Å². The van der Waals surface area contributed by atoms with Crippen molar-refractivity contribution < 1.29 is 14.3 Å². The molecule has 0 saturated carbocycles. The number of hydrogen-bond donors (Lipinski definition) is 1. The molecular formula is C16H26N2O3. The Morgan fingerprint density at radius 3 is 2.29 bits per heavy atom. The second-order valence-corrected chi connectivity index (χ2v) is 5.10. The summed E-state index contributed by atoms with van der Waals surface area (Å²) in [5.41, 5.74) is 0.539. The number of carbonyl (C=O) groups excluding carboxylic acids is 1. The van der Waals surface area contributed by atoms with E-state index in [9.17, 15) is 4.79 Å². The first kappa shape index (κ1) is 17.3. The minimum absolute atomic E-state index is 0.121. The molecule has 0 heterocycles. The van der Waals surface area contributed by atoms with Crippen molar-refractivity contribution >= 4 is 5.91 Å². The molecule has 0 aromatic heterocycles. The van der Waals surface area contributed by atoms with Gasteiger partial charge in [-0.15, -0.1) is 0 Å². The Morgan fingerprint density at radius 2 is 1.81 bits per heavy atom. The fraction of sp³-hybridized carbons (Fsp3) is 0.562. The molecule has 5 heteroatoms. The van der Waals surface area contributed by atoms with Gasteiger partial charge in [0.15, 0.2) is 0 Å². The average Bonchev–Trinajstić information content (AvgIpc) is 2.52. The zero-order chi connectivity index (χ0) is 15.8. The molecule has 0 saturated heterocycles. The van der Waals surface area contributed by atoms with E-state index in [4.69, 9.17) is 9.47 Å². The Morgan fingerprint density at radius 1 is 1.24 bits per heavy atom. The number of nitrogens with zero attached hydrogens (tertiary/aromatic N) is 1. The molecule has 1 atom stereocenters. The van der Waals surface area contributed by atoms with Crippen molar-refractivity contribution in [1.29, 1.82) is 0 Å². The molecule has 1 aromatic rings. The molecule has 0 unspecified atom stereocenters. The van der Waals surface area contributed by atoms with E-state index in [1.54, 1.807) is 32.4 Å². The highest BCUT2D eigenvalue weighted by Crippen LogP contribution is 2.22. The van der Waals surface area contributed by atoms with Gasteiger partial charge >= 0.3 is 0 Å². The lowest BCUT2D eigenvalue weighted by molar-refractivity contribution is 0.0946. The van der Waals surface area contributed by atoms with Crippen LogP contribution in [0.3, 0.4) is 0 Å². The van der Waals surface area contributed by atoms with Crippen LogP contribution in [-0.2, 0) is 0 Å². The molecule has 0 aliphatic rings. The minimum Gasteiger partial charge on any atom is -0.497 e. The van der Waals surface area contributed by atoms with E-state index in [1.165, 1.54) is 0 Å². The van der Waals surface area contributed by atoms with Gasteiger partial charge < -0.3 is 19.7 Å². The number of methoxy groups -OCH3 is 2. The molecule has 0 bridgehead atoms. The molecular weight excluding hydrogens is 268 g/mol. The monoisotopic (exact) mass is 294 g/mol. The standard InChI is InChI=1S/C16H26N2O3/c1-6-12(2)18(3)8-7-17-16(19)13-9-14(20-4)11-15(10-13)21-5/h9-12H,6-8H2,1-5H3,(H,17,19)/t12-/m1/s1. The number of nitrogens with one attached hydrogen (secondary N) is 1. The van der Waals surface area contributed by atoms with Gasteiger partial charge in [0.25, 0.3) is 5.91 Å². The van der Waals surface area contributed by atoms with E-state index >= 15 is 0 Å². The lowest BCUT2D eigenvalue weighted by Crippen LogP contribution is -2.37. The second-order valence-electron chi connectivity index (χ2n) is 5.10. The number of rotatable bonds is 8. The quantitative estimate of drug-likeness (QED) is 0.798. The third kappa shape index (κ3) is 5.27. The van der Waals surface area contributed by atoms with Crippen LogP contribution in [0.2, 0.25) is 0 Å². The molecule has 21 heavy (non-hydrogen) atoms. The molecule has 5 nitrogen and oxygen atoms in total. The summed E-state index contributed by atoms with van der Waals surface area (Å²) in [4.78, 5) is 14.4. The highest BCUT2D eigenvalue weighted by atomic mass is 16.5. The van der Waals surface area contributed by atoms with Gasteiger partial charge in [-0.3, -0.25) is 4.79 Å². The molecule has 118 valence electrons. The van der Waals surface area contributed by atoms with Gasteiger partial charge in [-0.2, -0.15) is 0 Å². The van der Waals surface area contributed by atoms with Gasteiger partial charge in [0, 0.05) is 30.8 Å². The number of amides is 1. The SMILES string of the molecule is CC[C@@H](C)N(C)CCNC(=O)c1cc(OC)cc(OC)c1. The Labute approximate surface area is 127 Å². The second kappa shape index (κ2) is 8.52. The van der Waals surface area contributed by atoms with E-state index in [0.717, 1.165) is 13.0 Å². The number of likely N-dealkylation sites (N-methyl/N-ethyl adjacent to an activating group) is 1. The van der Waals surface area contributed by atoms with Crippen molar-refractivity contribution in [2.24, 2.45) is 0 Å². The first-order chi connectivity index (χ1) is 10.0. The van der Waals surface area contributed by atoms with Gasteiger partial charge in [-0.05, 0) is 32.5 Å². The summed E-state index contributed by atoms with van der Waals surface area (Å²) in [5, 5.41) is 2.92. The van der Waals surface area contributed by atoms with Crippen LogP contribution in [-0.4, -0.2) is 51.2 Å². The lowest BCUT2D eigenvalue weighted by Gasteiger charge is -2.23. The highest BCUT2D eigenvalue weighted by Gasteiger charge is 2.11. The molecule has 0 radical (unpaired) electrons. The molecule has 0 aliphatic heterocycles. The van der Waals surface area contributed by atoms with E-state index in [2.05, 4.69) is 31.1 Å². The molecule has 1 amide bonds. The summed E-state index contributed by atoms with van der Waals surface area (Å²) in [5.74, 6) is 1.09. The van der Waals surface area contributed by atoms with Crippen molar-refractivity contribution in [3.63, 3.8) is 0 Å². The largest absolute Gasteiger partial charge is 0.497 e. The van der Waals surface area contributed by atoms with Crippen LogP contribution in [0.5, 0.6) is 11.5 Å². The Hall–Kier alpha value is -1.75. The zero-order valence-electron chi connectivity index (χ0n) is 13.6. The van der Waals surface area contributed by atoms with Crippen molar-refractivity contribution in [2.45, 2.75) is 26.3 Å². The Bertz CT molecular complexity index is 441. The first-order valence-electron chi connectivity index (χ1n) is 7.23. The molecule has 0 aliphatic carbocycles. The van der Waals surface area contributed by atoms with E-state index in [0.29, 0.717) is 29.6 Å². The number of benzene rings is 1. The van der Waals surface area contributed by atoms with Gasteiger partial charge in [-0.25, -0.2) is 0 Å². The minimum atomic E-state index is -0.121. The lowest BCUT2D eigenvalue weighted by atomic mass is 10.2. The third-order valence-electron chi connectivity index (χ3n) is 3.71. The van der Waals surface area contributed by atoms with Crippen LogP contribution < -0.4 is 14.8 Å². The number of hydrogen-bond acceptors (Lipinski definition) is 4. The van der Waals surface area contributed by atoms with E-state index in [1.807, 2.05) is 0 Å². The summed E-state index contributed by atoms with van der Waals surface area (Å²) in [6.07, 6.45) is 1.09. The van der Waals surface area contributed by atoms with Gasteiger partial charge in [0.2, 0.25) is 0 Å². The van der Waals surface area contributed by atoms with Crippen molar-refractivity contribution in [2.75, 3.05) is 34.4 Å². The maximum atomic E-state index is 12.2. The fourth-order valence-corrected chi connectivity index (χ4v) is 1.92. The Kier molecular flexibility index (Phi) is 7.02. The highest BCUT2D eigenvalue weighted by molar-refractivity contribution is 5.95. The maximum Gasteiger partial charge on any atom is 0.251 e. The van der Waals surface area contributed by atoms with E-state index < -0.39 is 0 Å². The average molecular weight is 294 g/mol. The fourth-order valence-electron chi connectivity index (χ4n) is 1.92. The third-order valence-corrected chi connectivity index (χ3v) is 3.71. The predicted molar refractivity (Wildman–Crippen MR) is 84.3 cm³/mol. The smallest absolute Gasteiger partial charge is 0.251 e. The van der Waals surface area contributed by atoms with Gasteiger partial charge in [0.1, 0.15) is 11.5 Å². The van der Waals surface area contributed by atoms with Crippen molar-refractivity contribution in [3.05, 3.63) is 23.8 Å². The van der Waals surface area contributed by atoms with Crippen LogP contribution >= 0.6 is 0 Å². The van der Waals surface area contributed by atoms with Crippen LogP contribution in [0.25, 0.3) is 0 Å². The topological polar surface area (TPSA) is 50.8 Å². The van der Waals surface area contributed by atoms with Gasteiger partial charge in [-0.1, -0.05) is 6.92 Å². The maximum absolute atomic E-state index is 12.2. The first-order valence-corrected chi connectivity index (χ1v) is 7.23. The van der Waals surface area contributed by atoms with Crippen LogP contribution in [0, 0.1) is 0 Å². The number of ether oxygens (including phenoxy) is 2. The summed E-state index contributed by atoms with van der Waals surface area (Å²) in [7, 11) is 5.20. The molecule has 1 aromatic carbocycles. The summed E-state index contributed by atoms with van der Waals surface area (Å²) in [6.45, 7) is 5.76. The predicted octanol–water partition coefficient (Wildman–Crippen LogP) is 2.16. The van der Waals surface area contributed by atoms with Gasteiger partial charge in [0.05, 0.1) is 14.2 Å². The Balaban J connectivity index is 2.59. The van der Waals surface area contributed by atoms with E-state index in [-0.39, 0.29) is 5.91 Å². The van der Waals surface area contributed by atoms with Crippen LogP contribution in [0.4, 0.5) is 0 Å². The van der Waals surface area contributed by atoms with Crippen LogP contribution in [0.15, 0.2) is 18.2 Å². The summed E-state index contributed by atoms with van der Waals surface area (Å²) >= 11 is 0. The normalized spacial score (nSPS) is 12.1. The summed E-state index contributed by atoms with van der Waals surface area (Å²) in [6, 6.07) is 5.67. The molecule has 0 fully saturated rings. The molecule has 0 spiro atoms. The molecule has 1 N–H and O–H groups in total. The molecule has 1 rings (SSSR count). The van der Waals surface area contributed by atoms with Crippen LogP contribution in [0.1, 0.15) is 30.6 Å². The zero-order valence-corrected chi connectivity index (χ0v) is 13.6. The summed E-state index contributed by atoms with van der Waals surface area (Å²) < 4.78 is 10.3. The number of carbonyl (C=O) groups is 1.